The van der Waals surface area contributed by atoms with E-state index < -0.39 is 0 Å². The highest BCUT2D eigenvalue weighted by atomic mass is 15.1. The summed E-state index contributed by atoms with van der Waals surface area (Å²) in [5.74, 6) is 1.81. The first-order valence-corrected chi connectivity index (χ1v) is 7.68. The molecule has 1 aliphatic carbocycles. The average Bonchev–Trinajstić information content (AvgIpc) is 2.84. The summed E-state index contributed by atoms with van der Waals surface area (Å²) >= 11 is 0. The molecule has 1 atom stereocenters. The highest BCUT2D eigenvalue weighted by Crippen LogP contribution is 2.27. The van der Waals surface area contributed by atoms with Gasteiger partial charge >= 0.3 is 0 Å². The predicted molar refractivity (Wildman–Crippen MR) is 84.7 cm³/mol. The number of nitrogens with zero attached hydrogens (tertiary/aromatic N) is 2. The number of imidazole rings is 1. The Morgan fingerprint density at radius 2 is 2.40 bits per heavy atom. The van der Waals surface area contributed by atoms with Crippen LogP contribution in [-0.2, 0) is 6.54 Å². The van der Waals surface area contributed by atoms with Crippen LogP contribution in [0, 0.1) is 12.8 Å². The van der Waals surface area contributed by atoms with Gasteiger partial charge in [0.1, 0.15) is 5.82 Å². The van der Waals surface area contributed by atoms with Crippen molar-refractivity contribution in [3.05, 3.63) is 42.0 Å². The fourth-order valence-corrected chi connectivity index (χ4v) is 2.76. The summed E-state index contributed by atoms with van der Waals surface area (Å²) < 4.78 is 2.21. The molecule has 0 saturated heterocycles. The molecular formula is C17H27N3. The van der Waals surface area contributed by atoms with Gasteiger partial charge in [0.25, 0.3) is 0 Å². The largest absolute Gasteiger partial charge is 0.335 e. The molecule has 0 bridgehead atoms. The second-order valence-electron chi connectivity index (χ2n) is 5.88. The molecule has 20 heavy (non-hydrogen) atoms. The van der Waals surface area contributed by atoms with Gasteiger partial charge in [0, 0.05) is 25.5 Å². The Labute approximate surface area is 122 Å². The zero-order chi connectivity index (χ0) is 14.4. The van der Waals surface area contributed by atoms with Crippen molar-refractivity contribution in [1.82, 2.24) is 14.9 Å². The summed E-state index contributed by atoms with van der Waals surface area (Å²) in [5, 5.41) is 3.56. The molecule has 0 fully saturated rings. The van der Waals surface area contributed by atoms with Gasteiger partial charge in [0.15, 0.2) is 0 Å². The summed E-state index contributed by atoms with van der Waals surface area (Å²) in [6, 6.07) is 0. The molecule has 0 aliphatic heterocycles. The number of allylic oxidation sites excluding steroid dienone is 2. The summed E-state index contributed by atoms with van der Waals surface area (Å²) in [4.78, 5) is 4.24. The summed E-state index contributed by atoms with van der Waals surface area (Å²) in [5.41, 5.74) is 2.91. The molecule has 0 spiro atoms. The summed E-state index contributed by atoms with van der Waals surface area (Å²) in [6.07, 6.45) is 11.2. The fourth-order valence-electron chi connectivity index (χ4n) is 2.76. The highest BCUT2D eigenvalue weighted by Gasteiger charge is 2.14. The summed E-state index contributed by atoms with van der Waals surface area (Å²) in [6.45, 7) is 11.4. The Hall–Kier alpha value is -1.35. The van der Waals surface area contributed by atoms with Crippen LogP contribution in [0.2, 0.25) is 0 Å². The van der Waals surface area contributed by atoms with Crippen molar-refractivity contribution in [1.29, 1.82) is 0 Å². The van der Waals surface area contributed by atoms with Gasteiger partial charge in [-0.2, -0.15) is 0 Å². The molecule has 1 aliphatic rings. The first-order valence-electron chi connectivity index (χ1n) is 7.68. The topological polar surface area (TPSA) is 29.9 Å². The van der Waals surface area contributed by atoms with E-state index in [1.165, 1.54) is 24.8 Å². The van der Waals surface area contributed by atoms with E-state index >= 15 is 0 Å². The van der Waals surface area contributed by atoms with Gasteiger partial charge in [-0.3, -0.25) is 0 Å². The molecule has 1 aromatic rings. The molecule has 0 saturated carbocycles. The van der Waals surface area contributed by atoms with Crippen LogP contribution < -0.4 is 5.32 Å². The quantitative estimate of drug-likeness (QED) is 0.609. The third kappa shape index (κ3) is 4.34. The summed E-state index contributed by atoms with van der Waals surface area (Å²) in [7, 11) is 0. The number of aromatic nitrogens is 2. The maximum atomic E-state index is 4.24. The van der Waals surface area contributed by atoms with Crippen LogP contribution in [-0.4, -0.2) is 22.6 Å². The second-order valence-corrected chi connectivity index (χ2v) is 5.88. The molecule has 1 N–H and O–H groups in total. The average molecular weight is 273 g/mol. The van der Waals surface area contributed by atoms with Crippen molar-refractivity contribution in [2.24, 2.45) is 5.92 Å². The Morgan fingerprint density at radius 3 is 3.00 bits per heavy atom. The number of nitrogens with one attached hydrogen (secondary N) is 1. The van der Waals surface area contributed by atoms with E-state index in [9.17, 15) is 0 Å². The molecule has 110 valence electrons. The van der Waals surface area contributed by atoms with Gasteiger partial charge in [-0.05, 0) is 52.0 Å². The minimum Gasteiger partial charge on any atom is -0.335 e. The smallest absolute Gasteiger partial charge is 0.105 e. The Balaban J connectivity index is 1.60. The molecule has 1 aromatic heterocycles. The normalized spacial score (nSPS) is 18.9. The van der Waals surface area contributed by atoms with Gasteiger partial charge in [-0.1, -0.05) is 23.8 Å². The second kappa shape index (κ2) is 7.44. The van der Waals surface area contributed by atoms with Crippen LogP contribution in [0.1, 0.15) is 38.4 Å². The van der Waals surface area contributed by atoms with Crippen molar-refractivity contribution in [3.8, 4) is 0 Å². The zero-order valence-corrected chi connectivity index (χ0v) is 12.9. The minimum atomic E-state index is 0.711. The van der Waals surface area contributed by atoms with Gasteiger partial charge in [-0.25, -0.2) is 4.98 Å². The molecule has 3 heteroatoms. The SMILES string of the molecule is C=C(C)[C@@H]1CC=C(CNCCCn2ccnc2C)CC1. The lowest BCUT2D eigenvalue weighted by Crippen LogP contribution is -2.21. The Kier molecular flexibility index (Phi) is 5.60. The molecule has 1 heterocycles. The molecule has 0 amide bonds. The first kappa shape index (κ1) is 15.0. The van der Waals surface area contributed by atoms with Crippen molar-refractivity contribution in [3.63, 3.8) is 0 Å². The van der Waals surface area contributed by atoms with E-state index in [0.717, 1.165) is 31.9 Å². The van der Waals surface area contributed by atoms with Gasteiger partial charge in [-0.15, -0.1) is 0 Å². The molecule has 0 unspecified atom stereocenters. The number of hydrogen-bond donors (Lipinski definition) is 1. The van der Waals surface area contributed by atoms with Gasteiger partial charge < -0.3 is 9.88 Å². The van der Waals surface area contributed by atoms with Crippen LogP contribution in [0.15, 0.2) is 36.2 Å². The van der Waals surface area contributed by atoms with Crippen molar-refractivity contribution in [2.75, 3.05) is 13.1 Å². The first-order chi connectivity index (χ1) is 9.66. The number of aryl methyl sites for hydroxylation is 2. The van der Waals surface area contributed by atoms with E-state index in [4.69, 9.17) is 0 Å². The predicted octanol–water partition coefficient (Wildman–Crippen LogP) is 3.47. The van der Waals surface area contributed by atoms with Crippen LogP contribution in [0.25, 0.3) is 0 Å². The number of rotatable bonds is 7. The van der Waals surface area contributed by atoms with Crippen LogP contribution in [0.5, 0.6) is 0 Å². The Bertz CT molecular complexity index is 470. The highest BCUT2D eigenvalue weighted by molar-refractivity contribution is 5.13. The standard InChI is InChI=1S/C17H27N3/c1-14(2)17-7-5-16(6-8-17)13-18-9-4-11-20-12-10-19-15(20)3/h5,10,12,17-18H,1,4,6-9,11,13H2,2-3H3/t17-/m1/s1. The third-order valence-electron chi connectivity index (χ3n) is 4.23. The van der Waals surface area contributed by atoms with Crippen LogP contribution >= 0.6 is 0 Å². The van der Waals surface area contributed by atoms with Crippen molar-refractivity contribution in [2.45, 2.75) is 46.1 Å². The fraction of sp³-hybridized carbons (Fsp3) is 0.588. The molecular weight excluding hydrogens is 246 g/mol. The maximum absolute atomic E-state index is 4.24. The van der Waals surface area contributed by atoms with Crippen molar-refractivity contribution >= 4 is 0 Å². The van der Waals surface area contributed by atoms with Crippen LogP contribution in [0.4, 0.5) is 0 Å². The maximum Gasteiger partial charge on any atom is 0.105 e. The lowest BCUT2D eigenvalue weighted by atomic mass is 9.85. The lowest BCUT2D eigenvalue weighted by Gasteiger charge is -2.22. The van der Waals surface area contributed by atoms with E-state index in [0.29, 0.717) is 5.92 Å². The van der Waals surface area contributed by atoms with E-state index in [-0.39, 0.29) is 0 Å². The van der Waals surface area contributed by atoms with Crippen LogP contribution in [0.3, 0.4) is 0 Å². The Morgan fingerprint density at radius 1 is 1.55 bits per heavy atom. The zero-order valence-electron chi connectivity index (χ0n) is 12.9. The van der Waals surface area contributed by atoms with Gasteiger partial charge in [0.05, 0.1) is 0 Å². The molecule has 3 nitrogen and oxygen atoms in total. The van der Waals surface area contributed by atoms with Gasteiger partial charge in [0.2, 0.25) is 0 Å². The van der Waals surface area contributed by atoms with E-state index in [1.54, 1.807) is 5.57 Å². The monoisotopic (exact) mass is 273 g/mol. The molecule has 0 aromatic carbocycles. The van der Waals surface area contributed by atoms with Crippen molar-refractivity contribution < 1.29 is 0 Å². The molecule has 2 rings (SSSR count). The number of hydrogen-bond acceptors (Lipinski definition) is 2. The molecule has 0 radical (unpaired) electrons. The van der Waals surface area contributed by atoms with E-state index in [2.05, 4.69) is 47.6 Å². The lowest BCUT2D eigenvalue weighted by molar-refractivity contribution is 0.522. The third-order valence-corrected chi connectivity index (χ3v) is 4.23. The van der Waals surface area contributed by atoms with E-state index in [1.807, 2.05) is 6.20 Å². The minimum absolute atomic E-state index is 0.711.